The number of amides is 1. The molecule has 210 valence electrons. The molecule has 40 heavy (non-hydrogen) atoms. The number of hydrogen-bond acceptors (Lipinski definition) is 8. The second kappa shape index (κ2) is 13.2. The number of fused-ring (bicyclic) bond motifs is 3. The van der Waals surface area contributed by atoms with Gasteiger partial charge < -0.3 is 18.9 Å². The Bertz CT molecular complexity index is 1480. The van der Waals surface area contributed by atoms with E-state index in [1.165, 1.54) is 25.7 Å². The van der Waals surface area contributed by atoms with Crippen LogP contribution in [0.3, 0.4) is 0 Å². The quantitative estimate of drug-likeness (QED) is 0.145. The number of unbranched alkanes of at least 4 members (excludes halogenated alkanes) is 3. The summed E-state index contributed by atoms with van der Waals surface area (Å²) in [7, 11) is 1.57. The molecule has 0 atom stereocenters. The lowest BCUT2D eigenvalue weighted by atomic mass is 10.1. The molecule has 5 rings (SSSR count). The maximum atomic E-state index is 12.5. The van der Waals surface area contributed by atoms with Gasteiger partial charge in [0.05, 0.1) is 18.8 Å². The molecule has 1 aliphatic rings. The highest BCUT2D eigenvalue weighted by Crippen LogP contribution is 2.28. The second-order valence-electron chi connectivity index (χ2n) is 10.0. The third-order valence-corrected chi connectivity index (χ3v) is 7.24. The van der Waals surface area contributed by atoms with Crippen molar-refractivity contribution in [1.29, 1.82) is 0 Å². The normalized spacial score (nSPS) is 13.8. The molecule has 2 aromatic heterocycles. The van der Waals surface area contributed by atoms with E-state index in [4.69, 9.17) is 14.5 Å². The largest absolute Gasteiger partial charge is 0.493 e. The van der Waals surface area contributed by atoms with Gasteiger partial charge in [-0.25, -0.2) is 5.43 Å². The van der Waals surface area contributed by atoms with Gasteiger partial charge in [0.1, 0.15) is 5.52 Å². The fourth-order valence-electron chi connectivity index (χ4n) is 5.10. The maximum absolute atomic E-state index is 12.5. The van der Waals surface area contributed by atoms with Crippen LogP contribution in [0.4, 0.5) is 5.95 Å². The lowest BCUT2D eigenvalue weighted by molar-refractivity contribution is -0.134. The SMILES string of the molecule is CCCCCCn1c2ccccc2c2nnc(N/N=C/c3ccc(OCC(=O)N4CCCCC4)c(OC)c3)nc21. The Morgan fingerprint density at radius 1 is 1.05 bits per heavy atom. The average molecular weight is 544 g/mol. The number of methoxy groups -OCH3 is 1. The van der Waals surface area contributed by atoms with E-state index in [9.17, 15) is 4.79 Å². The van der Waals surface area contributed by atoms with Crippen molar-refractivity contribution in [2.24, 2.45) is 5.10 Å². The van der Waals surface area contributed by atoms with E-state index in [2.05, 4.69) is 44.3 Å². The zero-order chi connectivity index (χ0) is 27.7. The van der Waals surface area contributed by atoms with Gasteiger partial charge in [0.2, 0.25) is 0 Å². The number of likely N-dealkylation sites (tertiary alicyclic amines) is 1. The number of anilines is 1. The van der Waals surface area contributed by atoms with E-state index < -0.39 is 0 Å². The number of carbonyl (C=O) groups is 1. The minimum Gasteiger partial charge on any atom is -0.493 e. The first-order chi connectivity index (χ1) is 19.7. The second-order valence-corrected chi connectivity index (χ2v) is 10.0. The molecule has 0 spiro atoms. The van der Waals surface area contributed by atoms with Gasteiger partial charge in [-0.1, -0.05) is 44.4 Å². The molecule has 3 heterocycles. The number of rotatable bonds is 12. The Hall–Kier alpha value is -4.21. The lowest BCUT2D eigenvalue weighted by Gasteiger charge is -2.26. The lowest BCUT2D eigenvalue weighted by Crippen LogP contribution is -2.38. The molecule has 0 radical (unpaired) electrons. The predicted molar refractivity (Wildman–Crippen MR) is 157 cm³/mol. The number of benzene rings is 2. The van der Waals surface area contributed by atoms with E-state index in [1.54, 1.807) is 19.4 Å². The number of nitrogens with one attached hydrogen (secondary N) is 1. The molecule has 1 amide bonds. The predicted octanol–water partition coefficient (Wildman–Crippen LogP) is 5.41. The summed E-state index contributed by atoms with van der Waals surface area (Å²) in [6.07, 6.45) is 9.62. The zero-order valence-corrected chi connectivity index (χ0v) is 23.3. The molecule has 0 aliphatic carbocycles. The van der Waals surface area contributed by atoms with Gasteiger partial charge in [0.15, 0.2) is 23.8 Å². The van der Waals surface area contributed by atoms with Gasteiger partial charge >= 0.3 is 0 Å². The summed E-state index contributed by atoms with van der Waals surface area (Å²) in [5.41, 5.74) is 6.41. The van der Waals surface area contributed by atoms with Crippen LogP contribution in [0.25, 0.3) is 22.1 Å². The summed E-state index contributed by atoms with van der Waals surface area (Å²) in [6, 6.07) is 13.7. The van der Waals surface area contributed by atoms with Crippen molar-refractivity contribution < 1.29 is 14.3 Å². The maximum Gasteiger partial charge on any atom is 0.265 e. The molecule has 1 aliphatic heterocycles. The molecule has 0 unspecified atom stereocenters. The van der Waals surface area contributed by atoms with Crippen LogP contribution in [0.5, 0.6) is 11.5 Å². The van der Waals surface area contributed by atoms with Crippen LogP contribution in [0.15, 0.2) is 47.6 Å². The number of carbonyl (C=O) groups excluding carboxylic acids is 1. The first kappa shape index (κ1) is 27.4. The van der Waals surface area contributed by atoms with Crippen molar-refractivity contribution in [2.75, 3.05) is 32.2 Å². The van der Waals surface area contributed by atoms with Crippen molar-refractivity contribution >= 4 is 40.1 Å². The Labute approximate surface area is 234 Å². The molecule has 2 aromatic carbocycles. The molecule has 1 saturated heterocycles. The van der Waals surface area contributed by atoms with E-state index in [0.717, 1.165) is 66.5 Å². The highest BCUT2D eigenvalue weighted by atomic mass is 16.5. The smallest absolute Gasteiger partial charge is 0.265 e. The number of aromatic nitrogens is 4. The van der Waals surface area contributed by atoms with E-state index in [-0.39, 0.29) is 12.5 Å². The van der Waals surface area contributed by atoms with Crippen molar-refractivity contribution in [3.8, 4) is 11.5 Å². The van der Waals surface area contributed by atoms with Gasteiger partial charge in [-0.05, 0) is 55.5 Å². The standard InChI is InChI=1S/C30H37N7O3/c1-3-4-5-11-18-37-24-13-8-7-12-23(24)28-29(37)32-30(35-33-28)34-31-20-22-14-15-25(26(19-22)39-2)40-21-27(38)36-16-9-6-10-17-36/h7-8,12-15,19-20H,3-6,9-11,16-18,21H2,1-2H3,(H,32,34,35)/b31-20+. The summed E-state index contributed by atoms with van der Waals surface area (Å²) >= 11 is 0. The summed E-state index contributed by atoms with van der Waals surface area (Å²) in [5.74, 6) is 1.37. The molecule has 10 heteroatoms. The fourth-order valence-corrected chi connectivity index (χ4v) is 5.10. The van der Waals surface area contributed by atoms with Crippen LogP contribution in [-0.4, -0.2) is 63.6 Å². The van der Waals surface area contributed by atoms with Crippen LogP contribution in [0, 0.1) is 0 Å². The van der Waals surface area contributed by atoms with Crippen molar-refractivity contribution in [2.45, 2.75) is 58.4 Å². The number of hydrazone groups is 1. The number of aryl methyl sites for hydroxylation is 1. The minimum atomic E-state index is -0.00644. The highest BCUT2D eigenvalue weighted by molar-refractivity contribution is 6.04. The molecule has 0 saturated carbocycles. The Morgan fingerprint density at radius 3 is 2.73 bits per heavy atom. The average Bonchev–Trinajstić information content (AvgIpc) is 3.31. The number of piperidine rings is 1. The van der Waals surface area contributed by atoms with Gasteiger partial charge in [-0.15, -0.1) is 10.2 Å². The first-order valence-corrected chi connectivity index (χ1v) is 14.2. The monoisotopic (exact) mass is 543 g/mol. The van der Waals surface area contributed by atoms with Crippen molar-refractivity contribution in [3.63, 3.8) is 0 Å². The Kier molecular flexibility index (Phi) is 9.05. The number of nitrogens with zero attached hydrogens (tertiary/aromatic N) is 6. The Morgan fingerprint density at radius 2 is 1.90 bits per heavy atom. The molecule has 10 nitrogen and oxygen atoms in total. The van der Waals surface area contributed by atoms with Gasteiger partial charge in [-0.2, -0.15) is 10.1 Å². The first-order valence-electron chi connectivity index (χ1n) is 14.2. The van der Waals surface area contributed by atoms with Crippen LogP contribution < -0.4 is 14.9 Å². The van der Waals surface area contributed by atoms with Crippen molar-refractivity contribution in [1.82, 2.24) is 24.6 Å². The van der Waals surface area contributed by atoms with Gasteiger partial charge in [0, 0.05) is 25.0 Å². The Balaban J connectivity index is 1.26. The van der Waals surface area contributed by atoms with Crippen LogP contribution in [0.1, 0.15) is 57.4 Å². The minimum absolute atomic E-state index is 0.00201. The number of hydrogen-bond donors (Lipinski definition) is 1. The van der Waals surface area contributed by atoms with Crippen LogP contribution in [0.2, 0.25) is 0 Å². The zero-order valence-electron chi connectivity index (χ0n) is 23.3. The van der Waals surface area contributed by atoms with Crippen LogP contribution in [-0.2, 0) is 11.3 Å². The molecular weight excluding hydrogens is 506 g/mol. The number of para-hydroxylation sites is 1. The summed E-state index contributed by atoms with van der Waals surface area (Å²) < 4.78 is 13.5. The summed E-state index contributed by atoms with van der Waals surface area (Å²) in [4.78, 5) is 19.1. The van der Waals surface area contributed by atoms with Crippen LogP contribution >= 0.6 is 0 Å². The third-order valence-electron chi connectivity index (χ3n) is 7.24. The summed E-state index contributed by atoms with van der Waals surface area (Å²) in [5, 5.41) is 14.1. The van der Waals surface area contributed by atoms with Gasteiger partial charge in [0.25, 0.3) is 11.9 Å². The third kappa shape index (κ3) is 6.32. The van der Waals surface area contributed by atoms with Crippen molar-refractivity contribution in [3.05, 3.63) is 48.0 Å². The topological polar surface area (TPSA) is 107 Å². The highest BCUT2D eigenvalue weighted by Gasteiger charge is 2.18. The van der Waals surface area contributed by atoms with Gasteiger partial charge in [-0.3, -0.25) is 4.79 Å². The molecular formula is C30H37N7O3. The summed E-state index contributed by atoms with van der Waals surface area (Å²) in [6.45, 7) is 4.69. The number of ether oxygens (including phenoxy) is 2. The molecule has 1 fully saturated rings. The molecule has 1 N–H and O–H groups in total. The van der Waals surface area contributed by atoms with E-state index >= 15 is 0 Å². The molecule has 0 bridgehead atoms. The van der Waals surface area contributed by atoms with E-state index in [0.29, 0.717) is 17.4 Å². The van der Waals surface area contributed by atoms with E-state index in [1.807, 2.05) is 29.2 Å². The fraction of sp³-hybridized carbons (Fsp3) is 0.433. The molecule has 4 aromatic rings.